The van der Waals surface area contributed by atoms with Crippen LogP contribution in [0.2, 0.25) is 0 Å². The molecule has 0 saturated carbocycles. The van der Waals surface area contributed by atoms with Gasteiger partial charge in [-0.2, -0.15) is 18.0 Å². The molecule has 0 aliphatic carbocycles. The summed E-state index contributed by atoms with van der Waals surface area (Å²) < 4.78 is 37.9. The van der Waals surface area contributed by atoms with Crippen LogP contribution in [0.15, 0.2) is 24.3 Å². The Hall–Kier alpha value is -2.38. The average Bonchev–Trinajstić information content (AvgIpc) is 2.73. The number of aromatic carboxylic acids is 1. The summed E-state index contributed by atoms with van der Waals surface area (Å²) in [5, 5.41) is 15.3. The van der Waals surface area contributed by atoms with Crippen LogP contribution in [0.25, 0.3) is 5.69 Å². The molecule has 2 rings (SSSR count). The number of carbonyl (C=O) groups is 1. The van der Waals surface area contributed by atoms with E-state index in [-0.39, 0.29) is 5.69 Å². The number of carboxylic acids is 1. The Labute approximate surface area is 105 Å². The maximum Gasteiger partial charge on any atom is 0.437 e. The number of rotatable bonds is 2. The smallest absolute Gasteiger partial charge is 0.437 e. The largest absolute Gasteiger partial charge is 0.476 e. The van der Waals surface area contributed by atoms with E-state index in [0.29, 0.717) is 4.80 Å². The minimum Gasteiger partial charge on any atom is -0.476 e. The van der Waals surface area contributed by atoms with E-state index < -0.39 is 23.5 Å². The van der Waals surface area contributed by atoms with Gasteiger partial charge in [-0.1, -0.05) is 12.1 Å². The van der Waals surface area contributed by atoms with Gasteiger partial charge >= 0.3 is 12.1 Å². The normalized spacial score (nSPS) is 11.6. The Morgan fingerprint density at radius 3 is 2.47 bits per heavy atom. The third-order valence-electron chi connectivity index (χ3n) is 2.32. The number of hydrogen-bond donors (Lipinski definition) is 1. The van der Waals surface area contributed by atoms with Gasteiger partial charge in [0.25, 0.3) is 0 Å². The Bertz CT molecular complexity index is 634. The van der Waals surface area contributed by atoms with Crippen molar-refractivity contribution in [2.75, 3.05) is 0 Å². The zero-order chi connectivity index (χ0) is 14.2. The quantitative estimate of drug-likeness (QED) is 0.909. The molecule has 0 aliphatic heterocycles. The molecule has 100 valence electrons. The van der Waals surface area contributed by atoms with Crippen LogP contribution in [0.3, 0.4) is 0 Å². The number of halogens is 3. The molecule has 0 amide bonds. The van der Waals surface area contributed by atoms with Gasteiger partial charge in [0.05, 0.1) is 5.69 Å². The lowest BCUT2D eigenvalue weighted by molar-refractivity contribution is -0.141. The van der Waals surface area contributed by atoms with Crippen molar-refractivity contribution in [1.29, 1.82) is 0 Å². The van der Waals surface area contributed by atoms with Crippen molar-refractivity contribution in [3.05, 3.63) is 41.2 Å². The van der Waals surface area contributed by atoms with Crippen molar-refractivity contribution >= 4 is 5.97 Å². The third kappa shape index (κ3) is 2.56. The summed E-state index contributed by atoms with van der Waals surface area (Å²) in [6.45, 7) is 1.75. The fourth-order valence-corrected chi connectivity index (χ4v) is 1.51. The number of carboxylic acid groups (broad SMARTS) is 1. The summed E-state index contributed by atoms with van der Waals surface area (Å²) in [6.07, 6.45) is -4.87. The van der Waals surface area contributed by atoms with Crippen LogP contribution in [0.5, 0.6) is 0 Å². The maximum absolute atomic E-state index is 12.6. The van der Waals surface area contributed by atoms with E-state index in [4.69, 9.17) is 5.11 Å². The molecule has 19 heavy (non-hydrogen) atoms. The van der Waals surface area contributed by atoms with Gasteiger partial charge in [0.15, 0.2) is 0 Å². The van der Waals surface area contributed by atoms with Crippen LogP contribution in [-0.4, -0.2) is 26.1 Å². The second-order valence-corrected chi connectivity index (χ2v) is 3.83. The predicted octanol–water partition coefficient (Wildman–Crippen LogP) is 2.29. The number of hydrogen-bond acceptors (Lipinski definition) is 3. The van der Waals surface area contributed by atoms with E-state index in [0.717, 1.165) is 5.56 Å². The molecule has 0 radical (unpaired) electrons. The Morgan fingerprint density at radius 1 is 1.32 bits per heavy atom. The van der Waals surface area contributed by atoms with Crippen LogP contribution in [-0.2, 0) is 6.18 Å². The number of alkyl halides is 3. The molecule has 0 fully saturated rings. The zero-order valence-corrected chi connectivity index (χ0v) is 9.64. The number of nitrogens with zero attached hydrogens (tertiary/aromatic N) is 3. The van der Waals surface area contributed by atoms with Gasteiger partial charge in [0.1, 0.15) is 0 Å². The summed E-state index contributed by atoms with van der Waals surface area (Å²) in [5.41, 5.74) is -1.58. The number of benzene rings is 1. The number of aryl methyl sites for hydroxylation is 1. The van der Waals surface area contributed by atoms with Crippen molar-refractivity contribution < 1.29 is 23.1 Å². The molecule has 1 aromatic heterocycles. The second kappa shape index (κ2) is 4.38. The minimum atomic E-state index is -4.87. The van der Waals surface area contributed by atoms with Crippen LogP contribution in [0, 0.1) is 6.92 Å². The molecule has 5 nitrogen and oxygen atoms in total. The second-order valence-electron chi connectivity index (χ2n) is 3.83. The fourth-order valence-electron chi connectivity index (χ4n) is 1.51. The summed E-state index contributed by atoms with van der Waals surface area (Å²) in [5.74, 6) is -1.77. The lowest BCUT2D eigenvalue weighted by Crippen LogP contribution is -2.12. The Balaban J connectivity index is 2.58. The molecule has 8 heteroatoms. The summed E-state index contributed by atoms with van der Waals surface area (Å²) in [4.78, 5) is 11.4. The van der Waals surface area contributed by atoms with Gasteiger partial charge < -0.3 is 5.11 Å². The first-order valence-electron chi connectivity index (χ1n) is 5.14. The Kier molecular flexibility index (Phi) is 3.01. The first kappa shape index (κ1) is 13.1. The van der Waals surface area contributed by atoms with E-state index in [1.165, 1.54) is 6.07 Å². The molecule has 1 aromatic carbocycles. The molecule has 1 N–H and O–H groups in total. The lowest BCUT2D eigenvalue weighted by Gasteiger charge is -2.02. The molecule has 0 unspecified atom stereocenters. The highest BCUT2D eigenvalue weighted by molar-refractivity contribution is 5.86. The molecule has 2 aromatic rings. The summed E-state index contributed by atoms with van der Waals surface area (Å²) in [6, 6.07) is 6.39. The van der Waals surface area contributed by atoms with Crippen molar-refractivity contribution in [3.63, 3.8) is 0 Å². The van der Waals surface area contributed by atoms with Crippen molar-refractivity contribution in [1.82, 2.24) is 15.0 Å². The van der Waals surface area contributed by atoms with Gasteiger partial charge in [-0.05, 0) is 24.6 Å². The van der Waals surface area contributed by atoms with E-state index in [1.807, 2.05) is 0 Å². The van der Waals surface area contributed by atoms with Gasteiger partial charge in [0.2, 0.25) is 11.4 Å². The van der Waals surface area contributed by atoms with Gasteiger partial charge in [-0.15, -0.1) is 10.2 Å². The van der Waals surface area contributed by atoms with Crippen molar-refractivity contribution in [2.45, 2.75) is 13.1 Å². The van der Waals surface area contributed by atoms with Crippen LogP contribution >= 0.6 is 0 Å². The van der Waals surface area contributed by atoms with Gasteiger partial charge in [-0.3, -0.25) is 0 Å². The molecule has 0 spiro atoms. The highest BCUT2D eigenvalue weighted by Gasteiger charge is 2.40. The first-order chi connectivity index (χ1) is 8.79. The maximum atomic E-state index is 12.6. The highest BCUT2D eigenvalue weighted by atomic mass is 19.4. The lowest BCUT2D eigenvalue weighted by atomic mass is 10.2. The first-order valence-corrected chi connectivity index (χ1v) is 5.14. The highest BCUT2D eigenvalue weighted by Crippen LogP contribution is 2.30. The molecule has 0 aliphatic rings. The fraction of sp³-hybridized carbons (Fsp3) is 0.182. The van der Waals surface area contributed by atoms with E-state index in [9.17, 15) is 18.0 Å². The molecule has 1 heterocycles. The molecule has 0 atom stereocenters. The van der Waals surface area contributed by atoms with E-state index in [2.05, 4.69) is 10.2 Å². The Morgan fingerprint density at radius 2 is 2.00 bits per heavy atom. The third-order valence-corrected chi connectivity index (χ3v) is 2.32. The van der Waals surface area contributed by atoms with Crippen LogP contribution in [0.1, 0.15) is 21.7 Å². The molecule has 0 saturated heterocycles. The van der Waals surface area contributed by atoms with E-state index in [1.54, 1.807) is 25.1 Å². The van der Waals surface area contributed by atoms with Crippen molar-refractivity contribution in [3.8, 4) is 5.69 Å². The van der Waals surface area contributed by atoms with Gasteiger partial charge in [0, 0.05) is 0 Å². The van der Waals surface area contributed by atoms with Gasteiger partial charge in [-0.25, -0.2) is 4.79 Å². The van der Waals surface area contributed by atoms with E-state index >= 15 is 0 Å². The monoisotopic (exact) mass is 271 g/mol. The zero-order valence-electron chi connectivity index (χ0n) is 9.64. The predicted molar refractivity (Wildman–Crippen MR) is 58.1 cm³/mol. The summed E-state index contributed by atoms with van der Waals surface area (Å²) >= 11 is 0. The van der Waals surface area contributed by atoms with Crippen molar-refractivity contribution in [2.24, 2.45) is 0 Å². The minimum absolute atomic E-state index is 0.262. The number of aromatic nitrogens is 3. The SMILES string of the molecule is Cc1cccc(-n2nc(C(=O)O)c(C(F)(F)F)n2)c1. The molecular formula is C11H8F3N3O2. The van der Waals surface area contributed by atoms with Crippen LogP contribution < -0.4 is 0 Å². The topological polar surface area (TPSA) is 68.0 Å². The summed E-state index contributed by atoms with van der Waals surface area (Å²) in [7, 11) is 0. The standard InChI is InChI=1S/C11H8F3N3O2/c1-6-3-2-4-7(5-6)17-15-8(10(18)19)9(16-17)11(12,13)14/h2-5H,1H3,(H,18,19). The average molecular weight is 271 g/mol. The molecule has 0 bridgehead atoms. The van der Waals surface area contributed by atoms with Crippen LogP contribution in [0.4, 0.5) is 13.2 Å². The molecular weight excluding hydrogens is 263 g/mol.